The summed E-state index contributed by atoms with van der Waals surface area (Å²) in [6.45, 7) is 6.91. The summed E-state index contributed by atoms with van der Waals surface area (Å²) in [4.78, 5) is 11.7. The smallest absolute Gasteiger partial charge is 0.330 e. The number of carbonyl (C=O) groups is 1. The summed E-state index contributed by atoms with van der Waals surface area (Å²) in [6.07, 6.45) is 7.91. The standard InChI is InChI=1S/C18H26O2/c1-4-6-7-16(5-2)14-20-18(19)13-12-17-10-8-15(3)9-11-17/h8-13,16H,4-7,14H2,1-3H3/b13-12+. The molecule has 0 aliphatic carbocycles. The van der Waals surface area contributed by atoms with Crippen molar-refractivity contribution in [1.82, 2.24) is 0 Å². The van der Waals surface area contributed by atoms with Gasteiger partial charge in [0.1, 0.15) is 0 Å². The van der Waals surface area contributed by atoms with Gasteiger partial charge in [0.05, 0.1) is 6.61 Å². The van der Waals surface area contributed by atoms with Gasteiger partial charge >= 0.3 is 5.97 Å². The maximum absolute atomic E-state index is 11.7. The van der Waals surface area contributed by atoms with Gasteiger partial charge in [-0.2, -0.15) is 0 Å². The molecule has 110 valence electrons. The number of benzene rings is 1. The third-order valence-corrected chi connectivity index (χ3v) is 3.49. The lowest BCUT2D eigenvalue weighted by Crippen LogP contribution is -2.12. The lowest BCUT2D eigenvalue weighted by molar-refractivity contribution is -0.139. The van der Waals surface area contributed by atoms with E-state index in [1.54, 1.807) is 6.08 Å². The predicted octanol–water partition coefficient (Wildman–Crippen LogP) is 4.77. The monoisotopic (exact) mass is 274 g/mol. The molecule has 2 heteroatoms. The average molecular weight is 274 g/mol. The van der Waals surface area contributed by atoms with E-state index >= 15 is 0 Å². The molecule has 20 heavy (non-hydrogen) atoms. The molecular weight excluding hydrogens is 248 g/mol. The van der Waals surface area contributed by atoms with Gasteiger partial charge in [0, 0.05) is 6.08 Å². The summed E-state index contributed by atoms with van der Waals surface area (Å²) < 4.78 is 5.31. The van der Waals surface area contributed by atoms with Crippen LogP contribution in [0.2, 0.25) is 0 Å². The van der Waals surface area contributed by atoms with Crippen molar-refractivity contribution in [3.63, 3.8) is 0 Å². The highest BCUT2D eigenvalue weighted by atomic mass is 16.5. The van der Waals surface area contributed by atoms with Crippen LogP contribution in [-0.2, 0) is 9.53 Å². The molecule has 0 aliphatic rings. The van der Waals surface area contributed by atoms with E-state index in [1.807, 2.05) is 31.2 Å². The summed E-state index contributed by atoms with van der Waals surface area (Å²) in [5.41, 5.74) is 2.23. The summed E-state index contributed by atoms with van der Waals surface area (Å²) in [5, 5.41) is 0. The molecule has 0 spiro atoms. The third-order valence-electron chi connectivity index (χ3n) is 3.49. The molecule has 0 saturated carbocycles. The van der Waals surface area contributed by atoms with Crippen molar-refractivity contribution in [2.45, 2.75) is 46.5 Å². The molecule has 2 nitrogen and oxygen atoms in total. The number of aryl methyl sites for hydroxylation is 1. The first-order chi connectivity index (χ1) is 9.65. The SMILES string of the molecule is CCCCC(CC)COC(=O)/C=C/c1ccc(C)cc1. The van der Waals surface area contributed by atoms with Gasteiger partial charge in [0.15, 0.2) is 0 Å². The fourth-order valence-corrected chi connectivity index (χ4v) is 1.99. The summed E-state index contributed by atoms with van der Waals surface area (Å²) >= 11 is 0. The molecule has 1 atom stereocenters. The number of unbranched alkanes of at least 4 members (excludes halogenated alkanes) is 1. The molecule has 0 fully saturated rings. The molecule has 1 unspecified atom stereocenters. The lowest BCUT2D eigenvalue weighted by atomic mass is 10.0. The minimum atomic E-state index is -0.250. The molecule has 1 rings (SSSR count). The average Bonchev–Trinajstić information content (AvgIpc) is 2.47. The molecule has 0 bridgehead atoms. The van der Waals surface area contributed by atoms with Crippen molar-refractivity contribution >= 4 is 12.0 Å². The van der Waals surface area contributed by atoms with E-state index in [1.165, 1.54) is 24.5 Å². The fraction of sp³-hybridized carbons (Fsp3) is 0.500. The maximum atomic E-state index is 11.7. The maximum Gasteiger partial charge on any atom is 0.330 e. The molecule has 1 aromatic rings. The van der Waals surface area contributed by atoms with E-state index in [9.17, 15) is 4.79 Å². The van der Waals surface area contributed by atoms with Crippen molar-refractivity contribution in [3.05, 3.63) is 41.5 Å². The Labute approximate surface area is 122 Å². The normalized spacial score (nSPS) is 12.6. The molecule has 0 radical (unpaired) electrons. The molecule has 1 aromatic carbocycles. The lowest BCUT2D eigenvalue weighted by Gasteiger charge is -2.13. The zero-order valence-corrected chi connectivity index (χ0v) is 12.9. The Hall–Kier alpha value is -1.57. The van der Waals surface area contributed by atoms with Crippen molar-refractivity contribution in [1.29, 1.82) is 0 Å². The van der Waals surface area contributed by atoms with E-state index in [0.717, 1.165) is 18.4 Å². The van der Waals surface area contributed by atoms with E-state index < -0.39 is 0 Å². The van der Waals surface area contributed by atoms with E-state index in [-0.39, 0.29) is 5.97 Å². The van der Waals surface area contributed by atoms with Gasteiger partial charge in [-0.05, 0) is 30.9 Å². The van der Waals surface area contributed by atoms with E-state index in [2.05, 4.69) is 13.8 Å². The number of rotatable bonds is 8. The second kappa shape index (κ2) is 9.35. The Morgan fingerprint density at radius 2 is 1.95 bits per heavy atom. The van der Waals surface area contributed by atoms with E-state index in [4.69, 9.17) is 4.74 Å². The van der Waals surface area contributed by atoms with Crippen LogP contribution in [-0.4, -0.2) is 12.6 Å². The van der Waals surface area contributed by atoms with Gasteiger partial charge in [-0.1, -0.05) is 62.9 Å². The van der Waals surface area contributed by atoms with Crippen LogP contribution in [0.1, 0.15) is 50.7 Å². The van der Waals surface area contributed by atoms with Gasteiger partial charge in [0.25, 0.3) is 0 Å². The van der Waals surface area contributed by atoms with Crippen molar-refractivity contribution < 1.29 is 9.53 Å². The van der Waals surface area contributed by atoms with Gasteiger partial charge in [-0.25, -0.2) is 4.79 Å². The highest BCUT2D eigenvalue weighted by Crippen LogP contribution is 2.13. The van der Waals surface area contributed by atoms with E-state index in [0.29, 0.717) is 12.5 Å². The largest absolute Gasteiger partial charge is 0.462 e. The first kappa shape index (κ1) is 16.5. The second-order valence-electron chi connectivity index (χ2n) is 5.29. The minimum absolute atomic E-state index is 0.250. The van der Waals surface area contributed by atoms with Crippen molar-refractivity contribution in [3.8, 4) is 0 Å². The van der Waals surface area contributed by atoms with Crippen LogP contribution in [0.5, 0.6) is 0 Å². The summed E-state index contributed by atoms with van der Waals surface area (Å²) in [6, 6.07) is 8.05. The summed E-state index contributed by atoms with van der Waals surface area (Å²) in [7, 11) is 0. The summed E-state index contributed by atoms with van der Waals surface area (Å²) in [5.74, 6) is 0.243. The molecule has 0 N–H and O–H groups in total. The molecule has 0 saturated heterocycles. The zero-order chi connectivity index (χ0) is 14.8. The first-order valence-electron chi connectivity index (χ1n) is 7.57. The van der Waals surface area contributed by atoms with Gasteiger partial charge in [0.2, 0.25) is 0 Å². The minimum Gasteiger partial charge on any atom is -0.462 e. The number of esters is 1. The van der Waals surface area contributed by atoms with Crippen LogP contribution in [0.3, 0.4) is 0 Å². The van der Waals surface area contributed by atoms with Gasteiger partial charge in [-0.3, -0.25) is 0 Å². The fourth-order valence-electron chi connectivity index (χ4n) is 1.99. The number of hydrogen-bond donors (Lipinski definition) is 0. The van der Waals surface area contributed by atoms with Crippen LogP contribution in [0, 0.1) is 12.8 Å². The molecule has 0 aromatic heterocycles. The number of hydrogen-bond acceptors (Lipinski definition) is 2. The first-order valence-corrected chi connectivity index (χ1v) is 7.57. The topological polar surface area (TPSA) is 26.3 Å². The Morgan fingerprint density at radius 3 is 2.55 bits per heavy atom. The Morgan fingerprint density at radius 1 is 1.25 bits per heavy atom. The van der Waals surface area contributed by atoms with Crippen LogP contribution < -0.4 is 0 Å². The highest BCUT2D eigenvalue weighted by molar-refractivity contribution is 5.87. The predicted molar refractivity (Wildman–Crippen MR) is 84.5 cm³/mol. The number of carbonyl (C=O) groups excluding carboxylic acids is 1. The Bertz CT molecular complexity index is 418. The second-order valence-corrected chi connectivity index (χ2v) is 5.29. The van der Waals surface area contributed by atoms with Crippen molar-refractivity contribution in [2.75, 3.05) is 6.61 Å². The molecule has 0 aliphatic heterocycles. The number of ether oxygens (including phenoxy) is 1. The van der Waals surface area contributed by atoms with Crippen LogP contribution in [0.25, 0.3) is 6.08 Å². The van der Waals surface area contributed by atoms with Crippen LogP contribution in [0.15, 0.2) is 30.3 Å². The highest BCUT2D eigenvalue weighted by Gasteiger charge is 2.08. The quantitative estimate of drug-likeness (QED) is 0.504. The molecular formula is C18H26O2. The third kappa shape index (κ3) is 6.55. The Balaban J connectivity index is 2.37. The molecule has 0 heterocycles. The van der Waals surface area contributed by atoms with Crippen LogP contribution >= 0.6 is 0 Å². The van der Waals surface area contributed by atoms with Crippen molar-refractivity contribution in [2.24, 2.45) is 5.92 Å². The van der Waals surface area contributed by atoms with Gasteiger partial charge < -0.3 is 4.74 Å². The van der Waals surface area contributed by atoms with Crippen LogP contribution in [0.4, 0.5) is 0 Å². The zero-order valence-electron chi connectivity index (χ0n) is 12.9. The Kier molecular flexibility index (Phi) is 7.71. The molecule has 0 amide bonds. The van der Waals surface area contributed by atoms with Gasteiger partial charge in [-0.15, -0.1) is 0 Å².